The summed E-state index contributed by atoms with van der Waals surface area (Å²) in [5.41, 5.74) is -16.8. The normalized spacial score (nSPS) is 14.1. The third-order valence-electron chi connectivity index (χ3n) is 9.14. The van der Waals surface area contributed by atoms with E-state index in [2.05, 4.69) is 35.0 Å². The molecule has 0 N–H and O–H groups in total. The maximum absolute atomic E-state index is 14.5. The first kappa shape index (κ1) is 43.4. The van der Waals surface area contributed by atoms with Gasteiger partial charge in [-0.2, -0.15) is 56.3 Å². The second kappa shape index (κ2) is 15.6. The van der Waals surface area contributed by atoms with E-state index in [1.165, 1.54) is 6.19 Å². The molecular formula is C40H13F15N8. The summed E-state index contributed by atoms with van der Waals surface area (Å²) in [6, 6.07) is 5.75. The highest BCUT2D eigenvalue weighted by molar-refractivity contribution is 6.29. The predicted molar refractivity (Wildman–Crippen MR) is 189 cm³/mol. The molecule has 0 atom stereocenters. The van der Waals surface area contributed by atoms with Gasteiger partial charge >= 0.3 is 18.5 Å². The molecule has 0 spiro atoms. The Labute approximate surface area is 341 Å². The van der Waals surface area contributed by atoms with E-state index in [0.29, 0.717) is 42.5 Å². The number of hydrogen-bond donors (Lipinski definition) is 0. The second-order valence-corrected chi connectivity index (χ2v) is 13.0. The molecule has 2 aromatic heterocycles. The van der Waals surface area contributed by atoms with Gasteiger partial charge < -0.3 is 0 Å². The molecule has 0 aliphatic heterocycles. The quantitative estimate of drug-likeness (QED) is 0.0741. The second-order valence-electron chi connectivity index (χ2n) is 13.0. The van der Waals surface area contributed by atoms with Gasteiger partial charge in [0, 0.05) is 22.3 Å². The molecule has 23 heteroatoms. The lowest BCUT2D eigenvalue weighted by Crippen LogP contribution is -2.29. The van der Waals surface area contributed by atoms with Gasteiger partial charge in [-0.05, 0) is 72.8 Å². The van der Waals surface area contributed by atoms with Crippen molar-refractivity contribution < 1.29 is 65.9 Å². The fourth-order valence-electron chi connectivity index (χ4n) is 6.39. The standard InChI is InChI=1S/C40H13F15N8/c1-57-63-36-34-32(59-27(15-2-6-23(41)19(10-15)37(45)46)28(61-34)16-3-7-24(42)20(11-16)38(47,48)49)31(58-14-56)33-35(36)62-30(18-5-9-26(44)22(13-18)40(53,54)55)29(60-33)17-4-8-25(43)21(12-17)39(50,51)52/h2-13,37H. The van der Waals surface area contributed by atoms with E-state index in [1.54, 1.807) is 0 Å². The SMILES string of the molecule is [C-]#[N+]N=C1c2nc(-c3ccc(F)c(C(F)(F)F)c3)c(-c3ccc(F)c(C(F)F)c3)nc2C(=NC#N)c2nc(-c3ccc(F)c(C(F)(F)F)c3)c(-c3ccc(F)c(C(F)(F)F)c3)nc21. The van der Waals surface area contributed by atoms with E-state index in [4.69, 9.17) is 6.57 Å². The Morgan fingerprint density at radius 2 is 0.810 bits per heavy atom. The van der Waals surface area contributed by atoms with Gasteiger partial charge in [0.15, 0.2) is 0 Å². The van der Waals surface area contributed by atoms with Crippen molar-refractivity contribution in [3.8, 4) is 51.2 Å². The minimum Gasteiger partial charge on any atom is -0.241 e. The van der Waals surface area contributed by atoms with Crippen molar-refractivity contribution in [2.24, 2.45) is 10.1 Å². The summed E-state index contributed by atoms with van der Waals surface area (Å²) >= 11 is 0. The van der Waals surface area contributed by atoms with Crippen molar-refractivity contribution in [1.29, 1.82) is 5.26 Å². The van der Waals surface area contributed by atoms with Crippen molar-refractivity contribution in [3.63, 3.8) is 0 Å². The first-order chi connectivity index (χ1) is 29.5. The number of hydrogen-bond acceptors (Lipinski definition) is 7. The lowest BCUT2D eigenvalue weighted by molar-refractivity contribution is -0.140. The van der Waals surface area contributed by atoms with Crippen LogP contribution in [0.5, 0.6) is 0 Å². The molecule has 6 aromatic rings. The smallest absolute Gasteiger partial charge is 0.241 e. The van der Waals surface area contributed by atoms with Gasteiger partial charge in [-0.3, -0.25) is 0 Å². The Morgan fingerprint density at radius 3 is 1.11 bits per heavy atom. The predicted octanol–water partition coefficient (Wildman–Crippen LogP) is 11.8. The Kier molecular flexibility index (Phi) is 10.8. The number of alkyl halides is 11. The highest BCUT2D eigenvalue weighted by Gasteiger charge is 2.41. The number of rotatable bonds is 5. The molecule has 318 valence electrons. The van der Waals surface area contributed by atoms with E-state index in [-0.39, 0.29) is 18.2 Å². The third-order valence-corrected chi connectivity index (χ3v) is 9.14. The molecule has 0 bridgehead atoms. The van der Waals surface area contributed by atoms with Gasteiger partial charge in [0.05, 0.1) is 50.1 Å². The van der Waals surface area contributed by atoms with Gasteiger partial charge in [0.2, 0.25) is 11.9 Å². The molecule has 0 radical (unpaired) electrons. The Balaban J connectivity index is 1.62. The fourth-order valence-corrected chi connectivity index (χ4v) is 6.39. The molecule has 0 saturated carbocycles. The summed E-state index contributed by atoms with van der Waals surface area (Å²) in [6.07, 6.45) is -18.2. The van der Waals surface area contributed by atoms with Crippen molar-refractivity contribution in [1.82, 2.24) is 19.9 Å². The summed E-state index contributed by atoms with van der Waals surface area (Å²) in [5, 5.41) is 13.5. The number of aliphatic imine (C=N–C) groups is 1. The maximum atomic E-state index is 14.5. The van der Waals surface area contributed by atoms with Crippen LogP contribution >= 0.6 is 0 Å². The van der Waals surface area contributed by atoms with Crippen LogP contribution < -0.4 is 0 Å². The van der Waals surface area contributed by atoms with Crippen molar-refractivity contribution in [3.05, 3.63) is 153 Å². The first-order valence-corrected chi connectivity index (χ1v) is 17.0. The number of nitriles is 1. The van der Waals surface area contributed by atoms with E-state index in [1.807, 2.05) is 0 Å². The molecule has 63 heavy (non-hydrogen) atoms. The molecule has 0 unspecified atom stereocenters. The number of fused-ring (bicyclic) bond motifs is 2. The molecule has 2 heterocycles. The van der Waals surface area contributed by atoms with Crippen LogP contribution in [0.15, 0.2) is 82.9 Å². The van der Waals surface area contributed by atoms with Crippen LogP contribution in [0.4, 0.5) is 65.9 Å². The van der Waals surface area contributed by atoms with Crippen molar-refractivity contribution in [2.45, 2.75) is 25.0 Å². The summed E-state index contributed by atoms with van der Waals surface area (Å²) in [7, 11) is 0. The lowest BCUT2D eigenvalue weighted by atomic mass is 9.92. The number of nitrogens with zero attached hydrogens (tertiary/aromatic N) is 8. The molecule has 7 rings (SSSR count). The third kappa shape index (κ3) is 8.00. The zero-order chi connectivity index (χ0) is 45.9. The summed E-state index contributed by atoms with van der Waals surface area (Å²) in [5.74, 6) is -6.82. The molecule has 0 fully saturated rings. The van der Waals surface area contributed by atoms with E-state index >= 15 is 0 Å². The van der Waals surface area contributed by atoms with E-state index < -0.39 is 150 Å². The van der Waals surface area contributed by atoms with Gasteiger partial charge in [-0.25, -0.2) is 46.3 Å². The molecular weight excluding hydrogens is 877 g/mol. The number of aromatic nitrogens is 4. The average molecular weight is 891 g/mol. The molecule has 0 saturated heterocycles. The number of halogens is 15. The molecule has 8 nitrogen and oxygen atoms in total. The largest absolute Gasteiger partial charge is 0.419 e. The monoisotopic (exact) mass is 890 g/mol. The highest BCUT2D eigenvalue weighted by atomic mass is 19.4. The first-order valence-electron chi connectivity index (χ1n) is 17.0. The van der Waals surface area contributed by atoms with Gasteiger partial charge in [-0.1, -0.05) is 0 Å². The Hall–Kier alpha value is -7.69. The summed E-state index contributed by atoms with van der Waals surface area (Å²) < 4.78 is 212. The van der Waals surface area contributed by atoms with Crippen molar-refractivity contribution in [2.75, 3.05) is 0 Å². The molecule has 1 aliphatic rings. The Morgan fingerprint density at radius 1 is 0.492 bits per heavy atom. The minimum atomic E-state index is -5.37. The highest BCUT2D eigenvalue weighted by Crippen LogP contribution is 2.43. The van der Waals surface area contributed by atoms with Crippen LogP contribution in [0.2, 0.25) is 0 Å². The van der Waals surface area contributed by atoms with E-state index in [0.717, 1.165) is 12.1 Å². The van der Waals surface area contributed by atoms with Gasteiger partial charge in [-0.15, -0.1) is 4.95 Å². The molecule has 1 aliphatic carbocycles. The fraction of sp³-hybridized carbons (Fsp3) is 0.100. The minimum absolute atomic E-state index is 0.198. The van der Waals surface area contributed by atoms with Gasteiger partial charge in [0.1, 0.15) is 51.8 Å². The van der Waals surface area contributed by atoms with Crippen LogP contribution in [0.1, 0.15) is 51.5 Å². The lowest BCUT2D eigenvalue weighted by Gasteiger charge is -2.23. The number of benzene rings is 4. The summed E-state index contributed by atoms with van der Waals surface area (Å²) in [4.78, 5) is 23.7. The topological polar surface area (TPSA) is 104 Å². The van der Waals surface area contributed by atoms with Crippen LogP contribution in [0, 0.1) is 41.3 Å². The Bertz CT molecular complexity index is 3030. The van der Waals surface area contributed by atoms with E-state index in [9.17, 15) is 71.1 Å². The van der Waals surface area contributed by atoms with Crippen LogP contribution in [-0.2, 0) is 18.5 Å². The molecule has 4 aromatic carbocycles. The van der Waals surface area contributed by atoms with Crippen LogP contribution in [0.25, 0.3) is 50.0 Å². The average Bonchev–Trinajstić information content (AvgIpc) is 3.20. The van der Waals surface area contributed by atoms with Crippen molar-refractivity contribution >= 4 is 11.4 Å². The van der Waals surface area contributed by atoms with Crippen LogP contribution in [-0.4, -0.2) is 31.4 Å². The maximum Gasteiger partial charge on any atom is 0.419 e. The van der Waals surface area contributed by atoms with Gasteiger partial charge in [0.25, 0.3) is 6.43 Å². The zero-order valence-corrected chi connectivity index (χ0v) is 30.3. The zero-order valence-electron chi connectivity index (χ0n) is 30.3. The van der Waals surface area contributed by atoms with Crippen LogP contribution in [0.3, 0.4) is 0 Å². The molecule has 0 amide bonds. The summed E-state index contributed by atoms with van der Waals surface area (Å²) in [6.45, 7) is 7.55.